The van der Waals surface area contributed by atoms with Gasteiger partial charge in [-0.1, -0.05) is 6.92 Å². The SMILES string of the molecule is CC(CN)CCC(=O)N1CCC(C(=O)O)CC1. The molecule has 1 atom stereocenters. The highest BCUT2D eigenvalue weighted by Gasteiger charge is 2.26. The van der Waals surface area contributed by atoms with Crippen molar-refractivity contribution >= 4 is 11.9 Å². The fraction of sp³-hybridized carbons (Fsp3) is 0.833. The van der Waals surface area contributed by atoms with E-state index in [-0.39, 0.29) is 11.8 Å². The molecule has 0 aromatic carbocycles. The molecule has 5 nitrogen and oxygen atoms in total. The molecule has 0 bridgehead atoms. The van der Waals surface area contributed by atoms with E-state index in [2.05, 4.69) is 0 Å². The van der Waals surface area contributed by atoms with E-state index in [4.69, 9.17) is 10.8 Å². The zero-order valence-corrected chi connectivity index (χ0v) is 10.4. The number of carbonyl (C=O) groups excluding carboxylic acids is 1. The summed E-state index contributed by atoms with van der Waals surface area (Å²) in [5.41, 5.74) is 5.50. The fourth-order valence-electron chi connectivity index (χ4n) is 2.02. The lowest BCUT2D eigenvalue weighted by atomic mass is 9.96. The molecule has 0 aliphatic carbocycles. The Kier molecular flexibility index (Phi) is 5.41. The van der Waals surface area contributed by atoms with Crippen molar-refractivity contribution in [2.45, 2.75) is 32.6 Å². The first-order chi connectivity index (χ1) is 8.04. The third-order valence-corrected chi connectivity index (χ3v) is 3.45. The third kappa shape index (κ3) is 4.34. The molecular weight excluding hydrogens is 220 g/mol. The van der Waals surface area contributed by atoms with Crippen molar-refractivity contribution in [1.82, 2.24) is 4.90 Å². The van der Waals surface area contributed by atoms with Gasteiger partial charge in [0.2, 0.25) is 5.91 Å². The average molecular weight is 242 g/mol. The van der Waals surface area contributed by atoms with Gasteiger partial charge in [-0.15, -0.1) is 0 Å². The van der Waals surface area contributed by atoms with Crippen LogP contribution < -0.4 is 5.73 Å². The number of carboxylic acid groups (broad SMARTS) is 1. The number of rotatable bonds is 5. The van der Waals surface area contributed by atoms with Crippen LogP contribution in [0.15, 0.2) is 0 Å². The predicted molar refractivity (Wildman–Crippen MR) is 64.4 cm³/mol. The molecule has 0 saturated carbocycles. The summed E-state index contributed by atoms with van der Waals surface area (Å²) in [5.74, 6) is -0.513. The van der Waals surface area contributed by atoms with E-state index >= 15 is 0 Å². The molecule has 1 heterocycles. The van der Waals surface area contributed by atoms with Gasteiger partial charge in [0.15, 0.2) is 0 Å². The van der Waals surface area contributed by atoms with Crippen LogP contribution >= 0.6 is 0 Å². The van der Waals surface area contributed by atoms with E-state index in [0.717, 1.165) is 6.42 Å². The first-order valence-electron chi connectivity index (χ1n) is 6.25. The maximum absolute atomic E-state index is 11.8. The van der Waals surface area contributed by atoms with Crippen LogP contribution in [0.25, 0.3) is 0 Å². The Balaban J connectivity index is 2.28. The Labute approximate surface area is 102 Å². The number of hydrogen-bond acceptors (Lipinski definition) is 3. The van der Waals surface area contributed by atoms with Gasteiger partial charge in [0, 0.05) is 19.5 Å². The van der Waals surface area contributed by atoms with Crippen molar-refractivity contribution in [3.63, 3.8) is 0 Å². The zero-order valence-electron chi connectivity index (χ0n) is 10.4. The number of nitrogens with zero attached hydrogens (tertiary/aromatic N) is 1. The second-order valence-corrected chi connectivity index (χ2v) is 4.87. The maximum atomic E-state index is 11.8. The van der Waals surface area contributed by atoms with Gasteiger partial charge < -0.3 is 15.7 Å². The summed E-state index contributed by atoms with van der Waals surface area (Å²) >= 11 is 0. The van der Waals surface area contributed by atoms with Crippen molar-refractivity contribution < 1.29 is 14.7 Å². The smallest absolute Gasteiger partial charge is 0.306 e. The molecule has 0 spiro atoms. The van der Waals surface area contributed by atoms with Crippen molar-refractivity contribution in [3.05, 3.63) is 0 Å². The standard InChI is InChI=1S/C12H22N2O3/c1-9(8-13)2-3-11(15)14-6-4-10(5-7-14)12(16)17/h9-10H,2-8,13H2,1H3,(H,16,17). The third-order valence-electron chi connectivity index (χ3n) is 3.45. The number of amides is 1. The van der Waals surface area contributed by atoms with Gasteiger partial charge in [0.05, 0.1) is 5.92 Å². The molecule has 1 rings (SSSR count). The quantitative estimate of drug-likeness (QED) is 0.742. The number of piperidine rings is 1. The molecule has 3 N–H and O–H groups in total. The van der Waals surface area contributed by atoms with E-state index in [1.54, 1.807) is 4.90 Å². The molecule has 1 fully saturated rings. The molecule has 1 unspecified atom stereocenters. The molecule has 0 aromatic heterocycles. The highest BCUT2D eigenvalue weighted by Crippen LogP contribution is 2.18. The molecule has 1 saturated heterocycles. The van der Waals surface area contributed by atoms with Crippen LogP contribution in [-0.2, 0) is 9.59 Å². The van der Waals surface area contributed by atoms with Crippen LogP contribution in [-0.4, -0.2) is 41.5 Å². The minimum Gasteiger partial charge on any atom is -0.481 e. The monoisotopic (exact) mass is 242 g/mol. The summed E-state index contributed by atoms with van der Waals surface area (Å²) in [6.45, 7) is 3.79. The molecule has 5 heteroatoms. The van der Waals surface area contributed by atoms with Gasteiger partial charge in [0.25, 0.3) is 0 Å². The number of hydrogen-bond donors (Lipinski definition) is 2. The van der Waals surface area contributed by atoms with Gasteiger partial charge >= 0.3 is 5.97 Å². The number of nitrogens with two attached hydrogens (primary N) is 1. The first kappa shape index (κ1) is 14.0. The lowest BCUT2D eigenvalue weighted by molar-refractivity contribution is -0.145. The fourth-order valence-corrected chi connectivity index (χ4v) is 2.02. The molecule has 17 heavy (non-hydrogen) atoms. The Hall–Kier alpha value is -1.10. The van der Waals surface area contributed by atoms with Crippen LogP contribution in [0.5, 0.6) is 0 Å². The van der Waals surface area contributed by atoms with E-state index in [9.17, 15) is 9.59 Å². The summed E-state index contributed by atoms with van der Waals surface area (Å²) in [6, 6.07) is 0. The van der Waals surface area contributed by atoms with Crippen molar-refractivity contribution in [1.29, 1.82) is 0 Å². The molecular formula is C12H22N2O3. The Morgan fingerprint density at radius 1 is 1.41 bits per heavy atom. The van der Waals surface area contributed by atoms with E-state index < -0.39 is 5.97 Å². The molecule has 98 valence electrons. The predicted octanol–water partition coefficient (Wildman–Crippen LogP) is 0.685. The zero-order chi connectivity index (χ0) is 12.8. The minimum absolute atomic E-state index is 0.133. The second-order valence-electron chi connectivity index (χ2n) is 4.87. The average Bonchev–Trinajstić information content (AvgIpc) is 2.35. The van der Waals surface area contributed by atoms with Gasteiger partial charge in [-0.05, 0) is 31.7 Å². The van der Waals surface area contributed by atoms with Crippen LogP contribution in [0.2, 0.25) is 0 Å². The number of aliphatic carboxylic acids is 1. The number of carbonyl (C=O) groups is 2. The number of carboxylic acids is 1. The lowest BCUT2D eigenvalue weighted by Gasteiger charge is -2.30. The van der Waals surface area contributed by atoms with Crippen LogP contribution in [0.3, 0.4) is 0 Å². The van der Waals surface area contributed by atoms with E-state index in [0.29, 0.717) is 44.8 Å². The molecule has 1 aliphatic rings. The summed E-state index contributed by atoms with van der Waals surface area (Å²) in [6.07, 6.45) is 2.49. The summed E-state index contributed by atoms with van der Waals surface area (Å²) in [5, 5.41) is 8.85. The normalized spacial score (nSPS) is 19.1. The van der Waals surface area contributed by atoms with Crippen molar-refractivity contribution in [2.75, 3.05) is 19.6 Å². The largest absolute Gasteiger partial charge is 0.481 e. The second kappa shape index (κ2) is 6.59. The Morgan fingerprint density at radius 2 is 2.00 bits per heavy atom. The molecule has 1 aliphatic heterocycles. The minimum atomic E-state index is -0.742. The Bertz CT molecular complexity index is 273. The van der Waals surface area contributed by atoms with Crippen LogP contribution in [0.1, 0.15) is 32.6 Å². The first-order valence-corrected chi connectivity index (χ1v) is 6.25. The van der Waals surface area contributed by atoms with Gasteiger partial charge in [-0.25, -0.2) is 0 Å². The highest BCUT2D eigenvalue weighted by molar-refractivity contribution is 5.77. The van der Waals surface area contributed by atoms with Gasteiger partial charge in [-0.3, -0.25) is 9.59 Å². The van der Waals surface area contributed by atoms with Crippen molar-refractivity contribution in [2.24, 2.45) is 17.6 Å². The summed E-state index contributed by atoms with van der Waals surface area (Å²) in [7, 11) is 0. The van der Waals surface area contributed by atoms with E-state index in [1.807, 2.05) is 6.92 Å². The topological polar surface area (TPSA) is 83.6 Å². The van der Waals surface area contributed by atoms with Crippen LogP contribution in [0, 0.1) is 11.8 Å². The number of likely N-dealkylation sites (tertiary alicyclic amines) is 1. The molecule has 1 amide bonds. The lowest BCUT2D eigenvalue weighted by Crippen LogP contribution is -2.40. The van der Waals surface area contributed by atoms with Gasteiger partial charge in [-0.2, -0.15) is 0 Å². The molecule has 0 radical (unpaired) electrons. The summed E-state index contributed by atoms with van der Waals surface area (Å²) in [4.78, 5) is 24.4. The van der Waals surface area contributed by atoms with Crippen LogP contribution in [0.4, 0.5) is 0 Å². The van der Waals surface area contributed by atoms with E-state index in [1.165, 1.54) is 0 Å². The highest BCUT2D eigenvalue weighted by atomic mass is 16.4. The molecule has 0 aromatic rings. The summed E-state index contributed by atoms with van der Waals surface area (Å²) < 4.78 is 0. The Morgan fingerprint density at radius 3 is 2.47 bits per heavy atom. The van der Waals surface area contributed by atoms with Crippen molar-refractivity contribution in [3.8, 4) is 0 Å². The maximum Gasteiger partial charge on any atom is 0.306 e. The van der Waals surface area contributed by atoms with Gasteiger partial charge in [0.1, 0.15) is 0 Å².